The number of fused-ring (bicyclic) bond motifs is 7. The summed E-state index contributed by atoms with van der Waals surface area (Å²) in [6, 6.07) is 35.1. The fourth-order valence-electron chi connectivity index (χ4n) is 5.69. The summed E-state index contributed by atoms with van der Waals surface area (Å²) in [5.74, 6) is 0. The number of allylic oxidation sites excluding steroid dienone is 4. The maximum absolute atomic E-state index is 4.26. The van der Waals surface area contributed by atoms with Crippen LogP contribution in [-0.4, -0.2) is 0 Å². The van der Waals surface area contributed by atoms with Crippen molar-refractivity contribution in [3.63, 3.8) is 0 Å². The molecule has 0 N–H and O–H groups in total. The Balaban J connectivity index is 0.00000216. The summed E-state index contributed by atoms with van der Waals surface area (Å²) in [6.07, 6.45) is 4.04. The summed E-state index contributed by atoms with van der Waals surface area (Å²) in [4.78, 5) is 0. The fraction of sp³-hybridized carbons (Fsp3) is 0.0625. The van der Waals surface area contributed by atoms with Gasteiger partial charge in [-0.05, 0) is 61.7 Å². The van der Waals surface area contributed by atoms with Gasteiger partial charge < -0.3 is 0 Å². The standard InChI is InChI=1S/C31H22.CH4/c1-3-23-26-20-22(21-12-6-5-7-13-21)18-19-30(26)31(27(23)4-2)28-16-10-8-14-24(28)25-15-9-11-17-29(25)31;/h3-20H,1-2H2;1H4. The van der Waals surface area contributed by atoms with Gasteiger partial charge in [0.2, 0.25) is 0 Å². The zero-order valence-electron chi connectivity index (χ0n) is 17.3. The molecule has 0 atom stereocenters. The zero-order chi connectivity index (χ0) is 21.0. The number of hydrogen-bond acceptors (Lipinski definition) is 0. The first-order valence-corrected chi connectivity index (χ1v) is 10.7. The molecule has 1 spiro atoms. The predicted molar refractivity (Wildman–Crippen MR) is 138 cm³/mol. The second kappa shape index (κ2) is 7.35. The van der Waals surface area contributed by atoms with Gasteiger partial charge in [-0.1, -0.05) is 124 Å². The van der Waals surface area contributed by atoms with Crippen molar-refractivity contribution in [1.82, 2.24) is 0 Å². The molecule has 4 aromatic rings. The molecule has 0 nitrogen and oxygen atoms in total. The largest absolute Gasteiger partial charge is 0.0987 e. The third-order valence-corrected chi connectivity index (χ3v) is 6.88. The van der Waals surface area contributed by atoms with Crippen molar-refractivity contribution in [2.45, 2.75) is 12.8 Å². The van der Waals surface area contributed by atoms with E-state index in [0.717, 1.165) is 0 Å². The first kappa shape index (κ1) is 20.0. The Morgan fingerprint density at radius 3 is 1.69 bits per heavy atom. The van der Waals surface area contributed by atoms with E-state index < -0.39 is 0 Å². The lowest BCUT2D eigenvalue weighted by molar-refractivity contribution is 0.787. The monoisotopic (exact) mass is 410 g/mol. The van der Waals surface area contributed by atoms with Gasteiger partial charge in [0.1, 0.15) is 0 Å². The second-order valence-corrected chi connectivity index (χ2v) is 8.20. The van der Waals surface area contributed by atoms with Gasteiger partial charge in [-0.3, -0.25) is 0 Å². The zero-order valence-corrected chi connectivity index (χ0v) is 17.3. The van der Waals surface area contributed by atoms with Crippen molar-refractivity contribution in [2.75, 3.05) is 0 Å². The summed E-state index contributed by atoms with van der Waals surface area (Å²) in [6.45, 7) is 8.47. The fourth-order valence-corrected chi connectivity index (χ4v) is 5.69. The van der Waals surface area contributed by atoms with E-state index in [9.17, 15) is 0 Å². The van der Waals surface area contributed by atoms with Gasteiger partial charge in [0.15, 0.2) is 0 Å². The summed E-state index contributed by atoms with van der Waals surface area (Å²) in [5.41, 5.74) is 12.3. The van der Waals surface area contributed by atoms with Crippen LogP contribution in [0.5, 0.6) is 0 Å². The van der Waals surface area contributed by atoms with Crippen LogP contribution in [0.1, 0.15) is 29.7 Å². The Hall–Kier alpha value is -3.90. The molecule has 0 aromatic heterocycles. The minimum atomic E-state index is -0.344. The van der Waals surface area contributed by atoms with E-state index in [1.165, 1.54) is 55.7 Å². The third-order valence-electron chi connectivity index (χ3n) is 6.88. The van der Waals surface area contributed by atoms with Crippen molar-refractivity contribution >= 4 is 5.57 Å². The van der Waals surface area contributed by atoms with E-state index in [-0.39, 0.29) is 12.8 Å². The highest BCUT2D eigenvalue weighted by Gasteiger charge is 2.51. The van der Waals surface area contributed by atoms with E-state index in [1.807, 2.05) is 12.2 Å². The van der Waals surface area contributed by atoms with Crippen molar-refractivity contribution in [1.29, 1.82) is 0 Å². The van der Waals surface area contributed by atoms with Crippen LogP contribution in [-0.2, 0) is 5.41 Å². The smallest absolute Gasteiger partial charge is 0.0725 e. The Labute approximate surface area is 190 Å². The van der Waals surface area contributed by atoms with Crippen LogP contribution in [0.2, 0.25) is 0 Å². The quantitative estimate of drug-likeness (QED) is 0.318. The van der Waals surface area contributed by atoms with Gasteiger partial charge in [0.05, 0.1) is 5.41 Å². The summed E-state index contributed by atoms with van der Waals surface area (Å²) in [5, 5.41) is 0. The van der Waals surface area contributed by atoms with Gasteiger partial charge in [0, 0.05) is 0 Å². The second-order valence-electron chi connectivity index (χ2n) is 8.20. The molecule has 154 valence electrons. The highest BCUT2D eigenvalue weighted by Crippen LogP contribution is 2.62. The lowest BCUT2D eigenvalue weighted by Gasteiger charge is -2.31. The van der Waals surface area contributed by atoms with Crippen LogP contribution in [0, 0.1) is 0 Å². The summed E-state index contributed by atoms with van der Waals surface area (Å²) < 4.78 is 0. The Morgan fingerprint density at radius 2 is 1.09 bits per heavy atom. The molecule has 0 fully saturated rings. The Morgan fingerprint density at radius 1 is 0.531 bits per heavy atom. The maximum atomic E-state index is 4.26. The molecule has 0 amide bonds. The third kappa shape index (κ3) is 2.38. The molecule has 0 unspecified atom stereocenters. The number of hydrogen-bond donors (Lipinski definition) is 0. The van der Waals surface area contributed by atoms with E-state index in [1.54, 1.807) is 0 Å². The van der Waals surface area contributed by atoms with Crippen LogP contribution in [0.15, 0.2) is 128 Å². The van der Waals surface area contributed by atoms with E-state index >= 15 is 0 Å². The topological polar surface area (TPSA) is 0 Å². The molecule has 0 saturated heterocycles. The molecule has 0 radical (unpaired) electrons. The molecule has 0 heterocycles. The van der Waals surface area contributed by atoms with Crippen molar-refractivity contribution in [2.24, 2.45) is 0 Å². The van der Waals surface area contributed by atoms with Crippen LogP contribution in [0.4, 0.5) is 0 Å². The molecule has 0 aliphatic heterocycles. The molecule has 2 aliphatic carbocycles. The molecule has 0 heteroatoms. The molecule has 0 saturated carbocycles. The van der Waals surface area contributed by atoms with Gasteiger partial charge >= 0.3 is 0 Å². The van der Waals surface area contributed by atoms with E-state index in [0.29, 0.717) is 0 Å². The van der Waals surface area contributed by atoms with Crippen molar-refractivity contribution < 1.29 is 0 Å². The van der Waals surface area contributed by atoms with Crippen LogP contribution >= 0.6 is 0 Å². The molecular formula is C32H26. The maximum Gasteiger partial charge on any atom is 0.0725 e. The normalized spacial score (nSPS) is 14.4. The molecule has 6 rings (SSSR count). The molecule has 2 aliphatic rings. The van der Waals surface area contributed by atoms with E-state index in [2.05, 4.69) is 110 Å². The summed E-state index contributed by atoms with van der Waals surface area (Å²) in [7, 11) is 0. The van der Waals surface area contributed by atoms with Gasteiger partial charge in [-0.15, -0.1) is 0 Å². The predicted octanol–water partition coefficient (Wildman–Crippen LogP) is 8.44. The minimum absolute atomic E-state index is 0. The minimum Gasteiger partial charge on any atom is -0.0987 e. The van der Waals surface area contributed by atoms with Crippen LogP contribution in [0.3, 0.4) is 0 Å². The summed E-state index contributed by atoms with van der Waals surface area (Å²) >= 11 is 0. The van der Waals surface area contributed by atoms with Crippen LogP contribution < -0.4 is 0 Å². The van der Waals surface area contributed by atoms with Crippen molar-refractivity contribution in [3.8, 4) is 22.3 Å². The molecule has 0 bridgehead atoms. The highest BCUT2D eigenvalue weighted by molar-refractivity contribution is 5.98. The average molecular weight is 411 g/mol. The number of rotatable bonds is 3. The molecule has 4 aromatic carbocycles. The Kier molecular flexibility index (Phi) is 4.60. The SMILES string of the molecule is C.C=CC1=C(C=C)C2(c3ccc(-c4ccccc4)cc31)c1ccccc1-c1ccccc12. The first-order valence-electron chi connectivity index (χ1n) is 10.7. The Bertz CT molecular complexity index is 1350. The van der Waals surface area contributed by atoms with Gasteiger partial charge in [-0.2, -0.15) is 0 Å². The van der Waals surface area contributed by atoms with Crippen molar-refractivity contribution in [3.05, 3.63) is 150 Å². The van der Waals surface area contributed by atoms with Gasteiger partial charge in [0.25, 0.3) is 0 Å². The van der Waals surface area contributed by atoms with E-state index in [4.69, 9.17) is 0 Å². The van der Waals surface area contributed by atoms with Gasteiger partial charge in [-0.25, -0.2) is 0 Å². The molecular weight excluding hydrogens is 384 g/mol. The van der Waals surface area contributed by atoms with Crippen LogP contribution in [0.25, 0.3) is 27.8 Å². The lowest BCUT2D eigenvalue weighted by atomic mass is 9.69. The first-order chi connectivity index (χ1) is 15.3. The highest BCUT2D eigenvalue weighted by atomic mass is 14.5. The number of benzene rings is 4. The average Bonchev–Trinajstić information content (AvgIpc) is 3.30. The lowest BCUT2D eigenvalue weighted by Crippen LogP contribution is -2.26. The molecule has 32 heavy (non-hydrogen) atoms.